The second-order valence-corrected chi connectivity index (χ2v) is 11.9. The minimum atomic E-state index is -1.80. The lowest BCUT2D eigenvalue weighted by Crippen LogP contribution is -2.67. The van der Waals surface area contributed by atoms with E-state index in [0.29, 0.717) is 18.2 Å². The number of esters is 1. The average Bonchev–Trinajstić information content (AvgIpc) is 3.09. The molecule has 2 aromatic rings. The first-order chi connectivity index (χ1) is 23.1. The van der Waals surface area contributed by atoms with E-state index in [4.69, 9.17) is 18.9 Å². The molecule has 2 saturated heterocycles. The summed E-state index contributed by atoms with van der Waals surface area (Å²) in [7, 11) is 1.36. The fourth-order valence-electron chi connectivity index (χ4n) is 5.73. The Bertz CT molecular complexity index is 1330. The number of fused-ring (bicyclic) bond motifs is 1. The van der Waals surface area contributed by atoms with Crippen molar-refractivity contribution in [2.24, 2.45) is 0 Å². The van der Waals surface area contributed by atoms with Gasteiger partial charge in [-0.05, 0) is 25.0 Å². The molecule has 0 aliphatic carbocycles. The van der Waals surface area contributed by atoms with Crippen LogP contribution in [0.3, 0.4) is 0 Å². The van der Waals surface area contributed by atoms with E-state index in [2.05, 4.69) is 15.0 Å². The lowest BCUT2D eigenvalue weighted by atomic mass is 9.95. The minimum absolute atomic E-state index is 0.0853. The molecule has 0 saturated carbocycles. The van der Waals surface area contributed by atoms with Gasteiger partial charge in [0, 0.05) is 18.4 Å². The number of amides is 1. The van der Waals surface area contributed by atoms with Crippen molar-refractivity contribution < 1.29 is 69.0 Å². The van der Waals surface area contributed by atoms with Gasteiger partial charge in [0.05, 0.1) is 20.3 Å². The molecule has 1 aromatic carbocycles. The maximum absolute atomic E-state index is 13.4. The highest BCUT2D eigenvalue weighted by atomic mass is 16.7. The fraction of sp³-hybridized carbons (Fsp3) is 0.656. The molecule has 16 nitrogen and oxygen atoms in total. The summed E-state index contributed by atoms with van der Waals surface area (Å²) in [6.07, 6.45) is -8.62. The van der Waals surface area contributed by atoms with Gasteiger partial charge in [-0.2, -0.15) is 0 Å². The van der Waals surface area contributed by atoms with Gasteiger partial charge >= 0.3 is 5.97 Å². The van der Waals surface area contributed by atoms with Gasteiger partial charge in [0.2, 0.25) is 0 Å². The Morgan fingerprint density at radius 3 is 2.23 bits per heavy atom. The Kier molecular flexibility index (Phi) is 14.2. The molecular formula is C32H46N2O14. The third-order valence-electron chi connectivity index (χ3n) is 8.51. The molecule has 2 aliphatic heterocycles. The van der Waals surface area contributed by atoms with Crippen molar-refractivity contribution in [3.63, 3.8) is 0 Å². The topological polar surface area (TPSA) is 247 Å². The van der Waals surface area contributed by atoms with Crippen molar-refractivity contribution in [1.29, 1.82) is 0 Å². The molecule has 268 valence electrons. The number of methoxy groups -OCH3 is 1. The van der Waals surface area contributed by atoms with Gasteiger partial charge in [0.15, 0.2) is 12.6 Å². The third kappa shape index (κ3) is 9.35. The summed E-state index contributed by atoms with van der Waals surface area (Å²) < 4.78 is 27.8. The van der Waals surface area contributed by atoms with Gasteiger partial charge in [-0.25, -0.2) is 4.98 Å². The summed E-state index contributed by atoms with van der Waals surface area (Å²) in [5.41, 5.74) is 0.102. The zero-order valence-corrected chi connectivity index (χ0v) is 26.7. The quantitative estimate of drug-likeness (QED) is 0.0800. The van der Waals surface area contributed by atoms with Crippen LogP contribution in [0.4, 0.5) is 0 Å². The van der Waals surface area contributed by atoms with Crippen molar-refractivity contribution in [3.8, 4) is 5.75 Å². The normalized spacial score (nSPS) is 30.6. The van der Waals surface area contributed by atoms with E-state index in [-0.39, 0.29) is 29.5 Å². The number of para-hydroxylation sites is 1. The Morgan fingerprint density at radius 1 is 0.833 bits per heavy atom. The summed E-state index contributed by atoms with van der Waals surface area (Å²) in [5, 5.41) is 75.6. The second-order valence-electron chi connectivity index (χ2n) is 11.9. The first kappa shape index (κ1) is 37.8. The van der Waals surface area contributed by atoms with Crippen LogP contribution in [0.25, 0.3) is 10.9 Å². The molecule has 2 fully saturated rings. The number of hydrogen-bond acceptors (Lipinski definition) is 15. The smallest absolute Gasteiger partial charge is 0.305 e. The molecule has 7 unspecified atom stereocenters. The molecule has 10 atom stereocenters. The van der Waals surface area contributed by atoms with Crippen molar-refractivity contribution >= 4 is 22.8 Å². The molecular weight excluding hydrogens is 636 g/mol. The van der Waals surface area contributed by atoms with Gasteiger partial charge < -0.3 is 64.7 Å². The van der Waals surface area contributed by atoms with Crippen LogP contribution in [0, 0.1) is 0 Å². The number of aromatic nitrogens is 1. The molecule has 0 spiro atoms. The summed E-state index contributed by atoms with van der Waals surface area (Å²) in [4.78, 5) is 28.9. The molecule has 3 heterocycles. The number of phenols is 1. The number of nitrogens with one attached hydrogen (secondary N) is 1. The zero-order valence-electron chi connectivity index (χ0n) is 26.7. The third-order valence-corrected chi connectivity index (χ3v) is 8.51. The highest BCUT2D eigenvalue weighted by Gasteiger charge is 2.51. The number of aliphatic hydroxyl groups excluding tert-OH is 6. The van der Waals surface area contributed by atoms with Crippen molar-refractivity contribution in [2.45, 2.75) is 106 Å². The SMILES string of the molecule is COC(=O)CCCCCCCCO[C@@H]1OC(CO)[C@@H](OC2OC(CO)[C@H](O)C(O)C2O)C(O)C1NC(=O)c1ccc2cccc(O)c2n1. The molecule has 0 radical (unpaired) electrons. The van der Waals surface area contributed by atoms with Crippen LogP contribution >= 0.6 is 0 Å². The van der Waals surface area contributed by atoms with Crippen molar-refractivity contribution in [1.82, 2.24) is 10.3 Å². The molecule has 1 amide bonds. The van der Waals surface area contributed by atoms with Crippen molar-refractivity contribution in [2.75, 3.05) is 26.9 Å². The standard InChI is InChI=1S/C32H46N2O14/c1-44-22(38)11-6-4-2-3-5-7-14-45-31-24(34-30(43)18-13-12-17-9-8-10-19(37)23(17)33-18)26(40)29(21(16-36)47-31)48-32-28(42)27(41)25(39)20(15-35)46-32/h8-10,12-13,20-21,24-29,31-32,35-37,39-42H,2-7,11,14-16H2,1H3,(H,34,43)/t20?,21?,24?,25-,26?,27?,28?,29+,31+,32?/m0/s1. The van der Waals surface area contributed by atoms with E-state index >= 15 is 0 Å². The number of ether oxygens (including phenoxy) is 5. The largest absolute Gasteiger partial charge is 0.506 e. The molecule has 8 N–H and O–H groups in total. The number of aliphatic hydroxyl groups is 6. The summed E-state index contributed by atoms with van der Waals surface area (Å²) in [6.45, 7) is -1.23. The molecule has 0 bridgehead atoms. The first-order valence-corrected chi connectivity index (χ1v) is 16.1. The van der Waals surface area contributed by atoms with Crippen LogP contribution in [-0.4, -0.2) is 141 Å². The Morgan fingerprint density at radius 2 is 1.52 bits per heavy atom. The molecule has 16 heteroatoms. The van der Waals surface area contributed by atoms with Crippen LogP contribution in [0.5, 0.6) is 5.75 Å². The predicted molar refractivity (Wildman–Crippen MR) is 165 cm³/mol. The fourth-order valence-corrected chi connectivity index (χ4v) is 5.73. The summed E-state index contributed by atoms with van der Waals surface area (Å²) in [5.74, 6) is -1.12. The van der Waals surface area contributed by atoms with E-state index in [1.807, 2.05) is 0 Å². The number of rotatable bonds is 16. The number of carbonyl (C=O) groups excluding carboxylic acids is 2. The highest BCUT2D eigenvalue weighted by molar-refractivity contribution is 5.96. The second kappa shape index (κ2) is 18.1. The maximum atomic E-state index is 13.4. The molecule has 1 aromatic heterocycles. The zero-order chi connectivity index (χ0) is 34.8. The van der Waals surface area contributed by atoms with Crippen molar-refractivity contribution in [3.05, 3.63) is 36.0 Å². The lowest BCUT2D eigenvalue weighted by molar-refractivity contribution is -0.348. The average molecular weight is 683 g/mol. The molecule has 2 aliphatic rings. The number of hydrogen-bond donors (Lipinski definition) is 8. The Hall–Kier alpha value is -3.03. The van der Waals surface area contributed by atoms with Gasteiger partial charge in [-0.1, -0.05) is 43.9 Å². The number of unbranched alkanes of at least 4 members (excludes halogenated alkanes) is 5. The van der Waals surface area contributed by atoms with Crippen LogP contribution < -0.4 is 5.32 Å². The number of nitrogens with zero attached hydrogens (tertiary/aromatic N) is 1. The molecule has 48 heavy (non-hydrogen) atoms. The minimum Gasteiger partial charge on any atom is -0.506 e. The van der Waals surface area contributed by atoms with Gasteiger partial charge in [0.25, 0.3) is 5.91 Å². The van der Waals surface area contributed by atoms with Crippen LogP contribution in [0.1, 0.15) is 55.4 Å². The number of pyridine rings is 1. The van der Waals surface area contributed by atoms with Crippen LogP contribution in [0.15, 0.2) is 30.3 Å². The van der Waals surface area contributed by atoms with Gasteiger partial charge in [-0.3, -0.25) is 9.59 Å². The van der Waals surface area contributed by atoms with E-state index in [0.717, 1.165) is 32.1 Å². The van der Waals surface area contributed by atoms with E-state index in [9.17, 15) is 45.3 Å². The van der Waals surface area contributed by atoms with E-state index < -0.39 is 80.5 Å². The summed E-state index contributed by atoms with van der Waals surface area (Å²) >= 11 is 0. The highest BCUT2D eigenvalue weighted by Crippen LogP contribution is 2.30. The molecule has 4 rings (SSSR count). The number of carbonyl (C=O) groups is 2. The first-order valence-electron chi connectivity index (χ1n) is 16.1. The predicted octanol–water partition coefficient (Wildman–Crippen LogP) is -0.778. The van der Waals surface area contributed by atoms with Gasteiger partial charge in [-0.15, -0.1) is 0 Å². The van der Waals surface area contributed by atoms with Gasteiger partial charge in [0.1, 0.15) is 65.7 Å². The summed E-state index contributed by atoms with van der Waals surface area (Å²) in [6, 6.07) is 6.50. The lowest BCUT2D eigenvalue weighted by Gasteiger charge is -2.47. The number of aromatic hydroxyl groups is 1. The Labute approximate surface area is 277 Å². The monoisotopic (exact) mass is 682 g/mol. The maximum Gasteiger partial charge on any atom is 0.305 e. The number of benzene rings is 1. The van der Waals surface area contributed by atoms with Crippen LogP contribution in [0.2, 0.25) is 0 Å². The van der Waals surface area contributed by atoms with E-state index in [1.165, 1.54) is 19.2 Å². The number of phenolic OH excluding ortho intramolecular Hbond substituents is 1. The van der Waals surface area contributed by atoms with Crippen LogP contribution in [-0.2, 0) is 28.5 Å². The Balaban J connectivity index is 1.46. The van der Waals surface area contributed by atoms with E-state index in [1.54, 1.807) is 18.2 Å².